The lowest BCUT2D eigenvalue weighted by Gasteiger charge is -2.10. The highest BCUT2D eigenvalue weighted by molar-refractivity contribution is 5.88. The third kappa shape index (κ3) is 4.24. The molecular weight excluding hydrogens is 299 g/mol. The molecule has 1 N–H and O–H groups in total. The summed E-state index contributed by atoms with van der Waals surface area (Å²) in [6.45, 7) is 0. The van der Waals surface area contributed by atoms with Crippen molar-refractivity contribution in [1.29, 1.82) is 0 Å². The number of carboxylic acids is 1. The number of ether oxygens (including phenoxy) is 1. The Morgan fingerprint density at radius 2 is 1.95 bits per heavy atom. The number of hydrogen-bond donors (Lipinski definition) is 1. The topological polar surface area (TPSA) is 59.4 Å². The fraction of sp³-hybridized carbons (Fsp3) is 0.0667. The second kappa shape index (κ2) is 6.18. The van der Waals surface area contributed by atoms with Gasteiger partial charge in [-0.2, -0.15) is 0 Å². The van der Waals surface area contributed by atoms with Gasteiger partial charge in [0.2, 0.25) is 0 Å². The van der Waals surface area contributed by atoms with Crippen LogP contribution in [0, 0.1) is 11.8 Å². The van der Waals surface area contributed by atoms with Crippen molar-refractivity contribution in [3.8, 4) is 17.6 Å². The molecule has 0 saturated heterocycles. The van der Waals surface area contributed by atoms with E-state index >= 15 is 0 Å². The van der Waals surface area contributed by atoms with Crippen molar-refractivity contribution in [1.82, 2.24) is 4.98 Å². The van der Waals surface area contributed by atoms with Gasteiger partial charge in [0.15, 0.2) is 0 Å². The third-order valence-electron chi connectivity index (χ3n) is 2.44. The molecule has 112 valence electrons. The van der Waals surface area contributed by atoms with Gasteiger partial charge in [-0.3, -0.25) is 0 Å². The maximum Gasteiger partial charge on any atom is 0.573 e. The summed E-state index contributed by atoms with van der Waals surface area (Å²) < 4.78 is 40.9. The molecule has 0 fully saturated rings. The zero-order valence-electron chi connectivity index (χ0n) is 10.9. The number of carbonyl (C=O) groups is 1. The first-order valence-electron chi connectivity index (χ1n) is 5.91. The lowest BCUT2D eigenvalue weighted by Crippen LogP contribution is -2.18. The summed E-state index contributed by atoms with van der Waals surface area (Å²) in [6.07, 6.45) is -3.42. The van der Waals surface area contributed by atoms with E-state index in [1.165, 1.54) is 6.20 Å². The number of rotatable bonds is 2. The normalized spacial score (nSPS) is 10.5. The SMILES string of the molecule is O=C(O)c1ccc(OC(F)(F)F)c(C#Cc2ccccn2)c1. The summed E-state index contributed by atoms with van der Waals surface area (Å²) in [5.41, 5.74) is -0.0519. The molecule has 7 heteroatoms. The number of halogens is 3. The van der Waals surface area contributed by atoms with E-state index in [9.17, 15) is 18.0 Å². The number of pyridine rings is 1. The van der Waals surface area contributed by atoms with Gasteiger partial charge >= 0.3 is 12.3 Å². The Labute approximate surface area is 123 Å². The van der Waals surface area contributed by atoms with E-state index in [2.05, 4.69) is 21.6 Å². The van der Waals surface area contributed by atoms with Crippen LogP contribution < -0.4 is 4.74 Å². The van der Waals surface area contributed by atoms with Crippen LogP contribution in [0.1, 0.15) is 21.6 Å². The molecule has 2 aromatic rings. The number of nitrogens with zero attached hydrogens (tertiary/aromatic N) is 1. The van der Waals surface area contributed by atoms with Gasteiger partial charge in [-0.1, -0.05) is 12.0 Å². The standard InChI is InChI=1S/C15H8F3NO3/c16-15(17,18)22-13-7-5-11(14(20)21)9-10(13)4-6-12-3-1-2-8-19-12/h1-3,5,7-9H,(H,20,21). The molecule has 1 aromatic carbocycles. The van der Waals surface area contributed by atoms with Gasteiger partial charge in [-0.25, -0.2) is 9.78 Å². The maximum absolute atomic E-state index is 12.3. The molecule has 0 amide bonds. The minimum Gasteiger partial charge on any atom is -0.478 e. The molecule has 0 unspecified atom stereocenters. The molecule has 1 heterocycles. The van der Waals surface area contributed by atoms with E-state index < -0.39 is 18.1 Å². The number of alkyl halides is 3. The van der Waals surface area contributed by atoms with Crippen molar-refractivity contribution >= 4 is 5.97 Å². The summed E-state index contributed by atoms with van der Waals surface area (Å²) in [4.78, 5) is 14.8. The summed E-state index contributed by atoms with van der Waals surface area (Å²) in [5, 5.41) is 8.89. The summed E-state index contributed by atoms with van der Waals surface area (Å²) >= 11 is 0. The van der Waals surface area contributed by atoms with Gasteiger partial charge in [0.1, 0.15) is 11.4 Å². The quantitative estimate of drug-likeness (QED) is 0.866. The van der Waals surface area contributed by atoms with Crippen molar-refractivity contribution in [2.24, 2.45) is 0 Å². The van der Waals surface area contributed by atoms with Crippen LogP contribution in [0.5, 0.6) is 5.75 Å². The van der Waals surface area contributed by atoms with Crippen LogP contribution in [0.25, 0.3) is 0 Å². The van der Waals surface area contributed by atoms with Crippen LogP contribution in [0.3, 0.4) is 0 Å². The molecule has 0 atom stereocenters. The van der Waals surface area contributed by atoms with Gasteiger partial charge < -0.3 is 9.84 Å². The fourth-order valence-electron chi connectivity index (χ4n) is 1.54. The largest absolute Gasteiger partial charge is 0.573 e. The van der Waals surface area contributed by atoms with Crippen molar-refractivity contribution in [2.75, 3.05) is 0 Å². The molecule has 0 bridgehead atoms. The Kier molecular flexibility index (Phi) is 4.32. The number of hydrogen-bond acceptors (Lipinski definition) is 3. The molecule has 0 aliphatic heterocycles. The first-order valence-corrected chi connectivity index (χ1v) is 5.91. The number of benzene rings is 1. The van der Waals surface area contributed by atoms with Gasteiger partial charge in [-0.05, 0) is 36.3 Å². The molecule has 0 spiro atoms. The van der Waals surface area contributed by atoms with Crippen molar-refractivity contribution < 1.29 is 27.8 Å². The zero-order valence-corrected chi connectivity index (χ0v) is 10.9. The highest BCUT2D eigenvalue weighted by Gasteiger charge is 2.32. The predicted molar refractivity (Wildman–Crippen MR) is 70.3 cm³/mol. The highest BCUT2D eigenvalue weighted by atomic mass is 19.4. The second-order valence-corrected chi connectivity index (χ2v) is 4.03. The lowest BCUT2D eigenvalue weighted by molar-refractivity contribution is -0.274. The molecule has 2 rings (SSSR count). The molecule has 0 aliphatic carbocycles. The Bertz CT molecular complexity index is 746. The van der Waals surface area contributed by atoms with Gasteiger partial charge in [-0.15, -0.1) is 13.2 Å². The van der Waals surface area contributed by atoms with Crippen molar-refractivity contribution in [3.05, 3.63) is 59.4 Å². The van der Waals surface area contributed by atoms with Crippen LogP contribution in [0.4, 0.5) is 13.2 Å². The van der Waals surface area contributed by atoms with E-state index in [1.807, 2.05) is 0 Å². The molecule has 1 aromatic heterocycles. The first kappa shape index (κ1) is 15.4. The number of carboxylic acid groups (broad SMARTS) is 1. The van der Waals surface area contributed by atoms with Gasteiger partial charge in [0.25, 0.3) is 0 Å². The average Bonchev–Trinajstić information content (AvgIpc) is 2.45. The van der Waals surface area contributed by atoms with Crippen molar-refractivity contribution in [2.45, 2.75) is 6.36 Å². The van der Waals surface area contributed by atoms with E-state index in [0.717, 1.165) is 18.2 Å². The monoisotopic (exact) mass is 307 g/mol. The molecule has 0 radical (unpaired) electrons. The molecule has 0 saturated carbocycles. The van der Waals surface area contributed by atoms with Crippen molar-refractivity contribution in [3.63, 3.8) is 0 Å². The van der Waals surface area contributed by atoms with E-state index in [0.29, 0.717) is 5.69 Å². The maximum atomic E-state index is 12.3. The summed E-state index contributed by atoms with van der Waals surface area (Å²) in [6, 6.07) is 7.83. The van der Waals surface area contributed by atoms with E-state index in [1.54, 1.807) is 18.2 Å². The molecular formula is C15H8F3NO3. The summed E-state index contributed by atoms with van der Waals surface area (Å²) in [5.74, 6) is 3.15. The molecule has 4 nitrogen and oxygen atoms in total. The Morgan fingerprint density at radius 3 is 2.55 bits per heavy atom. The van der Waals surface area contributed by atoms with Crippen LogP contribution in [-0.2, 0) is 0 Å². The number of aromatic carboxylic acids is 1. The van der Waals surface area contributed by atoms with Crippen LogP contribution in [0.2, 0.25) is 0 Å². The van der Waals surface area contributed by atoms with Crippen LogP contribution in [-0.4, -0.2) is 22.4 Å². The molecule has 22 heavy (non-hydrogen) atoms. The fourth-order valence-corrected chi connectivity index (χ4v) is 1.54. The third-order valence-corrected chi connectivity index (χ3v) is 2.44. The Balaban J connectivity index is 2.44. The minimum atomic E-state index is -4.90. The zero-order chi connectivity index (χ0) is 16.2. The van der Waals surface area contributed by atoms with Gasteiger partial charge in [0.05, 0.1) is 11.1 Å². The predicted octanol–water partition coefficient (Wildman–Crippen LogP) is 3.08. The summed E-state index contributed by atoms with van der Waals surface area (Å²) in [7, 11) is 0. The highest BCUT2D eigenvalue weighted by Crippen LogP contribution is 2.26. The first-order chi connectivity index (χ1) is 10.3. The Morgan fingerprint density at radius 1 is 1.18 bits per heavy atom. The average molecular weight is 307 g/mol. The molecule has 0 aliphatic rings. The lowest BCUT2D eigenvalue weighted by atomic mass is 10.1. The van der Waals surface area contributed by atoms with Crippen LogP contribution >= 0.6 is 0 Å². The number of aromatic nitrogens is 1. The minimum absolute atomic E-state index is 0.192. The van der Waals surface area contributed by atoms with Gasteiger partial charge in [0, 0.05) is 6.20 Å². The van der Waals surface area contributed by atoms with E-state index in [4.69, 9.17) is 5.11 Å². The Hall–Kier alpha value is -3.01. The van der Waals surface area contributed by atoms with Crippen LogP contribution in [0.15, 0.2) is 42.6 Å². The second-order valence-electron chi connectivity index (χ2n) is 4.03. The van der Waals surface area contributed by atoms with E-state index in [-0.39, 0.29) is 11.1 Å². The smallest absolute Gasteiger partial charge is 0.478 e.